The summed E-state index contributed by atoms with van der Waals surface area (Å²) in [5.74, 6) is 0.721. The summed E-state index contributed by atoms with van der Waals surface area (Å²) in [6, 6.07) is 0. The van der Waals surface area contributed by atoms with Crippen molar-refractivity contribution in [1.82, 2.24) is 25.1 Å². The fourth-order valence-corrected chi connectivity index (χ4v) is 1.74. The Balaban J connectivity index is 2.02. The molecule has 2 aromatic heterocycles. The van der Waals surface area contributed by atoms with Crippen molar-refractivity contribution in [2.75, 3.05) is 19.0 Å². The van der Waals surface area contributed by atoms with Gasteiger partial charge in [0.25, 0.3) is 0 Å². The van der Waals surface area contributed by atoms with Crippen LogP contribution in [0.5, 0.6) is 0 Å². The summed E-state index contributed by atoms with van der Waals surface area (Å²) in [4.78, 5) is 10.7. The van der Waals surface area contributed by atoms with Crippen LogP contribution in [0.2, 0.25) is 0 Å². The maximum Gasteiger partial charge on any atom is 0.225 e. The first kappa shape index (κ1) is 12.5. The molecular weight excluding hydrogens is 228 g/mol. The third kappa shape index (κ3) is 3.04. The fraction of sp³-hybridized carbons (Fsp3) is 0.417. The van der Waals surface area contributed by atoms with E-state index in [4.69, 9.17) is 0 Å². The summed E-state index contributed by atoms with van der Waals surface area (Å²) >= 11 is 0. The number of anilines is 1. The number of hydrogen-bond donors (Lipinski definition) is 1. The molecule has 0 unspecified atom stereocenters. The molecule has 0 radical (unpaired) electrons. The summed E-state index contributed by atoms with van der Waals surface area (Å²) < 4.78 is 1.79. The van der Waals surface area contributed by atoms with Gasteiger partial charge in [0.2, 0.25) is 5.95 Å². The van der Waals surface area contributed by atoms with E-state index in [-0.39, 0.29) is 0 Å². The van der Waals surface area contributed by atoms with E-state index in [0.29, 0.717) is 0 Å². The summed E-state index contributed by atoms with van der Waals surface area (Å²) in [5, 5.41) is 7.21. The van der Waals surface area contributed by atoms with E-state index in [1.54, 1.807) is 4.68 Å². The third-order valence-electron chi connectivity index (χ3n) is 2.59. The minimum atomic E-state index is 0.721. The molecular formula is C12H18N6. The lowest BCUT2D eigenvalue weighted by atomic mass is 10.3. The van der Waals surface area contributed by atoms with Gasteiger partial charge in [0.15, 0.2) is 0 Å². The average Bonchev–Trinajstić information content (AvgIpc) is 2.76. The van der Waals surface area contributed by atoms with Crippen LogP contribution in [0.25, 0.3) is 0 Å². The van der Waals surface area contributed by atoms with E-state index in [2.05, 4.69) is 20.4 Å². The van der Waals surface area contributed by atoms with Crippen molar-refractivity contribution >= 4 is 5.95 Å². The van der Waals surface area contributed by atoms with Gasteiger partial charge in [-0.1, -0.05) is 0 Å². The van der Waals surface area contributed by atoms with Gasteiger partial charge in [-0.25, -0.2) is 9.97 Å². The normalized spacial score (nSPS) is 10.6. The molecule has 1 N–H and O–H groups in total. The lowest BCUT2D eigenvalue weighted by Gasteiger charge is -2.15. The van der Waals surface area contributed by atoms with Crippen LogP contribution in [0.15, 0.2) is 24.8 Å². The van der Waals surface area contributed by atoms with Crippen molar-refractivity contribution in [2.24, 2.45) is 7.05 Å². The van der Waals surface area contributed by atoms with Crippen LogP contribution in [-0.4, -0.2) is 33.8 Å². The van der Waals surface area contributed by atoms with Crippen molar-refractivity contribution in [1.29, 1.82) is 0 Å². The van der Waals surface area contributed by atoms with Gasteiger partial charge in [0.1, 0.15) is 0 Å². The second-order valence-electron chi connectivity index (χ2n) is 4.30. The molecule has 2 aromatic rings. The fourth-order valence-electron chi connectivity index (χ4n) is 1.74. The van der Waals surface area contributed by atoms with Gasteiger partial charge in [-0.15, -0.1) is 0 Å². The van der Waals surface area contributed by atoms with Crippen LogP contribution in [0, 0.1) is 0 Å². The minimum Gasteiger partial charge on any atom is -0.339 e. The Labute approximate surface area is 107 Å². The zero-order valence-corrected chi connectivity index (χ0v) is 11.0. The number of hydrogen-bond acceptors (Lipinski definition) is 5. The number of aryl methyl sites for hydroxylation is 1. The number of aromatic nitrogens is 4. The highest BCUT2D eigenvalue weighted by Gasteiger charge is 2.06. The van der Waals surface area contributed by atoms with Crippen molar-refractivity contribution in [3.05, 3.63) is 35.9 Å². The maximum absolute atomic E-state index is 4.35. The molecule has 0 bridgehead atoms. The maximum atomic E-state index is 4.35. The molecule has 18 heavy (non-hydrogen) atoms. The second kappa shape index (κ2) is 5.59. The third-order valence-corrected chi connectivity index (χ3v) is 2.59. The molecule has 0 aliphatic rings. The van der Waals surface area contributed by atoms with Crippen molar-refractivity contribution < 1.29 is 0 Å². The molecule has 0 aliphatic carbocycles. The number of rotatable bonds is 5. The summed E-state index contributed by atoms with van der Waals surface area (Å²) in [7, 11) is 5.79. The lowest BCUT2D eigenvalue weighted by Crippen LogP contribution is -2.19. The monoisotopic (exact) mass is 246 g/mol. The van der Waals surface area contributed by atoms with Crippen LogP contribution in [0.1, 0.15) is 11.1 Å². The van der Waals surface area contributed by atoms with Crippen LogP contribution in [0.3, 0.4) is 0 Å². The SMILES string of the molecule is CNCc1cnc(N(C)Cc2cnn(C)c2)nc1. The van der Waals surface area contributed by atoms with Crippen molar-refractivity contribution in [3.63, 3.8) is 0 Å². The van der Waals surface area contributed by atoms with E-state index < -0.39 is 0 Å². The first-order valence-corrected chi connectivity index (χ1v) is 5.83. The highest BCUT2D eigenvalue weighted by atomic mass is 15.3. The van der Waals surface area contributed by atoms with E-state index in [1.807, 2.05) is 50.8 Å². The van der Waals surface area contributed by atoms with Crippen molar-refractivity contribution in [3.8, 4) is 0 Å². The average molecular weight is 246 g/mol. The Kier molecular flexibility index (Phi) is 3.88. The molecule has 2 heterocycles. The molecule has 0 amide bonds. The van der Waals surface area contributed by atoms with Gasteiger partial charge in [0, 0.05) is 56.9 Å². The molecule has 0 saturated heterocycles. The number of nitrogens with zero attached hydrogens (tertiary/aromatic N) is 5. The van der Waals surface area contributed by atoms with Crippen LogP contribution >= 0.6 is 0 Å². The van der Waals surface area contributed by atoms with Gasteiger partial charge >= 0.3 is 0 Å². The molecule has 6 nitrogen and oxygen atoms in total. The molecule has 0 aliphatic heterocycles. The Hall–Kier alpha value is -1.95. The van der Waals surface area contributed by atoms with Gasteiger partial charge in [-0.3, -0.25) is 4.68 Å². The molecule has 6 heteroatoms. The van der Waals surface area contributed by atoms with E-state index in [0.717, 1.165) is 30.2 Å². The highest BCUT2D eigenvalue weighted by molar-refractivity contribution is 5.30. The topological polar surface area (TPSA) is 58.9 Å². The van der Waals surface area contributed by atoms with Gasteiger partial charge in [-0.2, -0.15) is 5.10 Å². The Bertz CT molecular complexity index is 490. The first-order valence-electron chi connectivity index (χ1n) is 5.83. The van der Waals surface area contributed by atoms with Crippen molar-refractivity contribution in [2.45, 2.75) is 13.1 Å². The molecule has 0 atom stereocenters. The largest absolute Gasteiger partial charge is 0.339 e. The minimum absolute atomic E-state index is 0.721. The lowest BCUT2D eigenvalue weighted by molar-refractivity contribution is 0.765. The highest BCUT2D eigenvalue weighted by Crippen LogP contribution is 2.09. The number of nitrogens with one attached hydrogen (secondary N) is 1. The molecule has 0 saturated carbocycles. The standard InChI is InChI=1S/C12H18N6/c1-13-4-10-5-14-12(15-6-10)17(2)8-11-7-16-18(3)9-11/h5-7,9,13H,4,8H2,1-3H3. The molecule has 96 valence electrons. The van der Waals surface area contributed by atoms with Crippen LogP contribution in [-0.2, 0) is 20.1 Å². The van der Waals surface area contributed by atoms with E-state index >= 15 is 0 Å². The van der Waals surface area contributed by atoms with Crippen LogP contribution < -0.4 is 10.2 Å². The molecule has 0 aromatic carbocycles. The molecule has 0 spiro atoms. The molecule has 0 fully saturated rings. The predicted molar refractivity (Wildman–Crippen MR) is 70.1 cm³/mol. The summed E-state index contributed by atoms with van der Waals surface area (Å²) in [6.45, 7) is 1.53. The van der Waals surface area contributed by atoms with E-state index in [9.17, 15) is 0 Å². The first-order chi connectivity index (χ1) is 8.69. The summed E-state index contributed by atoms with van der Waals surface area (Å²) in [6.07, 6.45) is 7.54. The van der Waals surface area contributed by atoms with Crippen LogP contribution in [0.4, 0.5) is 5.95 Å². The second-order valence-corrected chi connectivity index (χ2v) is 4.30. The van der Waals surface area contributed by atoms with E-state index in [1.165, 1.54) is 0 Å². The Morgan fingerprint density at radius 1 is 1.22 bits per heavy atom. The molecule has 2 rings (SSSR count). The zero-order valence-electron chi connectivity index (χ0n) is 11.0. The smallest absolute Gasteiger partial charge is 0.225 e. The summed E-state index contributed by atoms with van der Waals surface area (Å²) in [5.41, 5.74) is 2.22. The predicted octanol–water partition coefficient (Wildman–Crippen LogP) is 0.566. The van der Waals surface area contributed by atoms with Gasteiger partial charge < -0.3 is 10.2 Å². The Morgan fingerprint density at radius 3 is 2.50 bits per heavy atom. The zero-order chi connectivity index (χ0) is 13.0. The Morgan fingerprint density at radius 2 is 1.94 bits per heavy atom. The quantitative estimate of drug-likeness (QED) is 0.835. The van der Waals surface area contributed by atoms with Gasteiger partial charge in [0.05, 0.1) is 6.20 Å². The van der Waals surface area contributed by atoms with Gasteiger partial charge in [-0.05, 0) is 7.05 Å².